The lowest BCUT2D eigenvalue weighted by molar-refractivity contribution is -0.165. The van der Waals surface area contributed by atoms with Crippen molar-refractivity contribution in [2.75, 3.05) is 13.7 Å². The minimum atomic E-state index is -0.816. The summed E-state index contributed by atoms with van der Waals surface area (Å²) in [5.41, 5.74) is 0.829. The van der Waals surface area contributed by atoms with Gasteiger partial charge in [0.05, 0.1) is 19.7 Å². The van der Waals surface area contributed by atoms with E-state index in [9.17, 15) is 9.59 Å². The molecule has 1 saturated carbocycles. The Kier molecular flexibility index (Phi) is 4.76. The SMILES string of the molecule is COc1ccc([C@@H]2[C@@H](C(=O)NCc3ncon3)OCC(=O)N2C2CC2)cc1. The predicted molar refractivity (Wildman–Crippen MR) is 91.5 cm³/mol. The quantitative estimate of drug-likeness (QED) is 0.800. The molecule has 0 bridgehead atoms. The maximum atomic E-state index is 12.8. The Morgan fingerprint density at radius 2 is 2.11 bits per heavy atom. The molecule has 1 aromatic heterocycles. The predicted octanol–water partition coefficient (Wildman–Crippen LogP) is 0.825. The summed E-state index contributed by atoms with van der Waals surface area (Å²) in [6, 6.07) is 7.01. The van der Waals surface area contributed by atoms with E-state index in [2.05, 4.69) is 20.0 Å². The minimum Gasteiger partial charge on any atom is -0.497 e. The number of nitrogens with zero attached hydrogens (tertiary/aromatic N) is 3. The van der Waals surface area contributed by atoms with Crippen LogP contribution in [-0.2, 0) is 20.9 Å². The summed E-state index contributed by atoms with van der Waals surface area (Å²) in [6.07, 6.45) is 2.26. The summed E-state index contributed by atoms with van der Waals surface area (Å²) < 4.78 is 15.5. The topological polar surface area (TPSA) is 107 Å². The Morgan fingerprint density at radius 1 is 1.33 bits per heavy atom. The molecule has 142 valence electrons. The van der Waals surface area contributed by atoms with Crippen molar-refractivity contribution in [2.24, 2.45) is 0 Å². The van der Waals surface area contributed by atoms with Gasteiger partial charge in [-0.1, -0.05) is 17.3 Å². The average Bonchev–Trinajstić information content (AvgIpc) is 3.40. The van der Waals surface area contributed by atoms with E-state index in [4.69, 9.17) is 9.47 Å². The van der Waals surface area contributed by atoms with E-state index in [1.807, 2.05) is 24.3 Å². The smallest absolute Gasteiger partial charge is 0.252 e. The molecule has 1 aromatic carbocycles. The van der Waals surface area contributed by atoms with Gasteiger partial charge in [-0.05, 0) is 30.5 Å². The van der Waals surface area contributed by atoms with Crippen LogP contribution in [0.4, 0.5) is 0 Å². The molecule has 2 fully saturated rings. The van der Waals surface area contributed by atoms with Crippen molar-refractivity contribution in [1.82, 2.24) is 20.4 Å². The molecule has 9 heteroatoms. The molecule has 1 saturated heterocycles. The fourth-order valence-electron chi connectivity index (χ4n) is 3.30. The molecule has 2 atom stereocenters. The van der Waals surface area contributed by atoms with Crippen LogP contribution in [0.2, 0.25) is 0 Å². The number of amides is 2. The molecule has 1 N–H and O–H groups in total. The normalized spacial score (nSPS) is 22.6. The fourth-order valence-corrected chi connectivity index (χ4v) is 3.30. The number of carbonyl (C=O) groups excluding carboxylic acids is 2. The monoisotopic (exact) mass is 372 g/mol. The number of carbonyl (C=O) groups is 2. The second-order valence-electron chi connectivity index (χ2n) is 6.55. The summed E-state index contributed by atoms with van der Waals surface area (Å²) in [5, 5.41) is 6.43. The third-order valence-corrected chi connectivity index (χ3v) is 4.74. The van der Waals surface area contributed by atoms with E-state index < -0.39 is 12.1 Å². The number of methoxy groups -OCH3 is 1. The van der Waals surface area contributed by atoms with Gasteiger partial charge in [-0.15, -0.1) is 0 Å². The van der Waals surface area contributed by atoms with E-state index in [0.717, 1.165) is 18.4 Å². The number of nitrogens with one attached hydrogen (secondary N) is 1. The second kappa shape index (κ2) is 7.36. The first-order valence-corrected chi connectivity index (χ1v) is 8.77. The van der Waals surface area contributed by atoms with Crippen LogP contribution in [-0.4, -0.2) is 52.7 Å². The molecular weight excluding hydrogens is 352 g/mol. The van der Waals surface area contributed by atoms with Crippen molar-refractivity contribution in [2.45, 2.75) is 37.6 Å². The van der Waals surface area contributed by atoms with Crippen LogP contribution in [0, 0.1) is 0 Å². The van der Waals surface area contributed by atoms with Gasteiger partial charge in [0, 0.05) is 6.04 Å². The van der Waals surface area contributed by atoms with Crippen molar-refractivity contribution >= 4 is 11.8 Å². The Labute approximate surface area is 155 Å². The number of aromatic nitrogens is 2. The molecular formula is C18H20N4O5. The molecule has 27 heavy (non-hydrogen) atoms. The van der Waals surface area contributed by atoms with Gasteiger partial charge < -0.3 is 24.2 Å². The number of ether oxygens (including phenoxy) is 2. The van der Waals surface area contributed by atoms with Gasteiger partial charge in [-0.25, -0.2) is 0 Å². The highest BCUT2D eigenvalue weighted by Crippen LogP contribution is 2.39. The van der Waals surface area contributed by atoms with Crippen LogP contribution in [0.5, 0.6) is 5.75 Å². The largest absolute Gasteiger partial charge is 0.497 e. The Balaban J connectivity index is 1.58. The molecule has 1 aliphatic carbocycles. The zero-order valence-corrected chi connectivity index (χ0v) is 14.8. The number of hydrogen-bond acceptors (Lipinski definition) is 7. The Hall–Kier alpha value is -2.94. The van der Waals surface area contributed by atoms with Crippen molar-refractivity contribution < 1.29 is 23.6 Å². The first-order chi connectivity index (χ1) is 13.2. The van der Waals surface area contributed by atoms with Crippen LogP contribution in [0.3, 0.4) is 0 Å². The molecule has 2 aromatic rings. The molecule has 2 aliphatic rings. The lowest BCUT2D eigenvalue weighted by Crippen LogP contribution is -2.55. The van der Waals surface area contributed by atoms with Gasteiger partial charge in [0.2, 0.25) is 12.3 Å². The van der Waals surface area contributed by atoms with Crippen LogP contribution >= 0.6 is 0 Å². The standard InChI is InChI=1S/C18H20N4O5/c1-25-13-6-2-11(3-7-13)16-17(18(24)19-8-14-20-10-27-21-14)26-9-15(23)22(16)12-4-5-12/h2-3,6-7,10,12,16-17H,4-5,8-9H2,1H3,(H,19,24)/t16-,17+/m1/s1. The summed E-state index contributed by atoms with van der Waals surface area (Å²) >= 11 is 0. The van der Waals surface area contributed by atoms with Crippen molar-refractivity contribution in [3.63, 3.8) is 0 Å². The van der Waals surface area contributed by atoms with Crippen LogP contribution in [0.15, 0.2) is 35.2 Å². The van der Waals surface area contributed by atoms with E-state index in [1.165, 1.54) is 6.39 Å². The van der Waals surface area contributed by atoms with E-state index in [-0.39, 0.29) is 31.0 Å². The number of morpholine rings is 1. The van der Waals surface area contributed by atoms with Gasteiger partial charge in [0.15, 0.2) is 11.9 Å². The fraction of sp³-hybridized carbons (Fsp3) is 0.444. The van der Waals surface area contributed by atoms with Crippen LogP contribution < -0.4 is 10.1 Å². The van der Waals surface area contributed by atoms with Gasteiger partial charge in [-0.2, -0.15) is 4.98 Å². The van der Waals surface area contributed by atoms with Crippen molar-refractivity contribution in [1.29, 1.82) is 0 Å². The molecule has 0 unspecified atom stereocenters. The highest BCUT2D eigenvalue weighted by molar-refractivity contribution is 5.86. The molecule has 0 radical (unpaired) electrons. The number of rotatable bonds is 6. The van der Waals surface area contributed by atoms with Gasteiger partial charge in [0.25, 0.3) is 5.91 Å². The van der Waals surface area contributed by atoms with Gasteiger partial charge >= 0.3 is 0 Å². The lowest BCUT2D eigenvalue weighted by Gasteiger charge is -2.40. The molecule has 0 spiro atoms. The minimum absolute atomic E-state index is 0.0967. The number of hydrogen-bond donors (Lipinski definition) is 1. The highest BCUT2D eigenvalue weighted by Gasteiger charge is 2.47. The maximum Gasteiger partial charge on any atom is 0.252 e. The van der Waals surface area contributed by atoms with Crippen molar-refractivity contribution in [3.05, 3.63) is 42.0 Å². The zero-order valence-electron chi connectivity index (χ0n) is 14.8. The lowest BCUT2D eigenvalue weighted by atomic mass is 9.96. The Morgan fingerprint density at radius 3 is 2.74 bits per heavy atom. The summed E-state index contributed by atoms with van der Waals surface area (Å²) in [6.45, 7) is 0.0192. The molecule has 2 amide bonds. The van der Waals surface area contributed by atoms with E-state index in [0.29, 0.717) is 11.6 Å². The molecule has 4 rings (SSSR count). The number of benzene rings is 1. The molecule has 9 nitrogen and oxygen atoms in total. The molecule has 2 heterocycles. The first kappa shape index (κ1) is 17.5. The summed E-state index contributed by atoms with van der Waals surface area (Å²) in [5.74, 6) is 0.660. The average molecular weight is 372 g/mol. The van der Waals surface area contributed by atoms with E-state index >= 15 is 0 Å². The summed E-state index contributed by atoms with van der Waals surface area (Å²) in [4.78, 5) is 31.0. The van der Waals surface area contributed by atoms with Gasteiger partial charge in [0.1, 0.15) is 12.4 Å². The second-order valence-corrected chi connectivity index (χ2v) is 6.55. The van der Waals surface area contributed by atoms with Crippen LogP contribution in [0.1, 0.15) is 30.3 Å². The van der Waals surface area contributed by atoms with E-state index in [1.54, 1.807) is 12.0 Å². The summed E-state index contributed by atoms with van der Waals surface area (Å²) in [7, 11) is 1.59. The van der Waals surface area contributed by atoms with Crippen LogP contribution in [0.25, 0.3) is 0 Å². The Bertz CT molecular complexity index is 804. The molecule has 1 aliphatic heterocycles. The third kappa shape index (κ3) is 3.63. The highest BCUT2D eigenvalue weighted by atomic mass is 16.5. The van der Waals surface area contributed by atoms with Crippen molar-refractivity contribution in [3.8, 4) is 5.75 Å². The zero-order chi connectivity index (χ0) is 18.8. The maximum absolute atomic E-state index is 12.8. The first-order valence-electron chi connectivity index (χ1n) is 8.77. The van der Waals surface area contributed by atoms with Gasteiger partial charge in [-0.3, -0.25) is 9.59 Å². The third-order valence-electron chi connectivity index (χ3n) is 4.74.